The molecule has 0 aromatic heterocycles. The van der Waals surface area contributed by atoms with Gasteiger partial charge in [0, 0.05) is 11.1 Å². The van der Waals surface area contributed by atoms with Crippen molar-refractivity contribution >= 4 is 46.3 Å². The van der Waals surface area contributed by atoms with Crippen LogP contribution in [0.25, 0.3) is 6.08 Å². The van der Waals surface area contributed by atoms with E-state index >= 15 is 0 Å². The Labute approximate surface area is 136 Å². The van der Waals surface area contributed by atoms with Crippen LogP contribution in [0.1, 0.15) is 5.56 Å². The predicted octanol–water partition coefficient (Wildman–Crippen LogP) is 4.29. The number of hydrogen-bond acceptors (Lipinski definition) is 4. The van der Waals surface area contributed by atoms with Crippen LogP contribution in [-0.2, 0) is 4.79 Å². The van der Waals surface area contributed by atoms with Gasteiger partial charge >= 0.3 is 0 Å². The Balaban J connectivity index is 1.95. The standard InChI is InChI=1S/C16H10ClNO3S/c17-11-4-1-3-10(7-11)8-14-15(20)18(16(21)22-14)12-5-2-6-13(19)9-12/h1-9,19H/b14-8-. The highest BCUT2D eigenvalue weighted by Gasteiger charge is 2.36. The van der Waals surface area contributed by atoms with Crippen molar-refractivity contribution in [3.63, 3.8) is 0 Å². The van der Waals surface area contributed by atoms with Crippen molar-refractivity contribution < 1.29 is 14.7 Å². The van der Waals surface area contributed by atoms with E-state index < -0.39 is 11.1 Å². The quantitative estimate of drug-likeness (QED) is 0.834. The van der Waals surface area contributed by atoms with Gasteiger partial charge in [0.25, 0.3) is 11.1 Å². The van der Waals surface area contributed by atoms with Gasteiger partial charge in [0.05, 0.1) is 10.6 Å². The molecule has 0 aliphatic carbocycles. The number of anilines is 1. The summed E-state index contributed by atoms with van der Waals surface area (Å²) in [6, 6.07) is 13.0. The van der Waals surface area contributed by atoms with Crippen molar-refractivity contribution in [1.82, 2.24) is 0 Å². The van der Waals surface area contributed by atoms with Crippen LogP contribution in [0, 0.1) is 0 Å². The maximum absolute atomic E-state index is 12.4. The molecule has 1 N–H and O–H groups in total. The molecule has 6 heteroatoms. The molecular weight excluding hydrogens is 322 g/mol. The number of halogens is 1. The van der Waals surface area contributed by atoms with Gasteiger partial charge in [0.15, 0.2) is 0 Å². The van der Waals surface area contributed by atoms with E-state index in [2.05, 4.69) is 0 Å². The Morgan fingerprint density at radius 1 is 1.09 bits per heavy atom. The average Bonchev–Trinajstić information content (AvgIpc) is 2.73. The number of thioether (sulfide) groups is 1. The second-order valence-corrected chi connectivity index (χ2v) is 6.02. The van der Waals surface area contributed by atoms with E-state index in [1.165, 1.54) is 12.1 Å². The Morgan fingerprint density at radius 3 is 2.59 bits per heavy atom. The molecule has 110 valence electrons. The summed E-state index contributed by atoms with van der Waals surface area (Å²) in [5.74, 6) is -0.420. The number of amides is 2. The van der Waals surface area contributed by atoms with Crippen LogP contribution in [-0.4, -0.2) is 16.3 Å². The molecule has 1 heterocycles. The molecule has 1 aliphatic heterocycles. The lowest BCUT2D eigenvalue weighted by Gasteiger charge is -2.12. The van der Waals surface area contributed by atoms with Gasteiger partial charge in [-0.1, -0.05) is 29.8 Å². The van der Waals surface area contributed by atoms with Gasteiger partial charge in [-0.15, -0.1) is 0 Å². The molecule has 4 nitrogen and oxygen atoms in total. The van der Waals surface area contributed by atoms with Crippen molar-refractivity contribution in [2.24, 2.45) is 0 Å². The molecule has 0 saturated carbocycles. The van der Waals surface area contributed by atoms with Gasteiger partial charge < -0.3 is 5.11 Å². The number of aromatic hydroxyl groups is 1. The summed E-state index contributed by atoms with van der Waals surface area (Å²) in [4.78, 5) is 25.9. The minimum Gasteiger partial charge on any atom is -0.508 e. The summed E-state index contributed by atoms with van der Waals surface area (Å²) < 4.78 is 0. The smallest absolute Gasteiger partial charge is 0.298 e. The fourth-order valence-corrected chi connectivity index (χ4v) is 3.11. The number of rotatable bonds is 2. The highest BCUT2D eigenvalue weighted by Crippen LogP contribution is 2.36. The van der Waals surface area contributed by atoms with Gasteiger partial charge in [-0.3, -0.25) is 9.59 Å². The molecule has 1 aliphatic rings. The summed E-state index contributed by atoms with van der Waals surface area (Å²) in [5, 5.41) is 9.65. The number of imide groups is 1. The highest BCUT2D eigenvalue weighted by molar-refractivity contribution is 8.19. The van der Waals surface area contributed by atoms with Crippen molar-refractivity contribution in [2.75, 3.05) is 4.90 Å². The number of hydrogen-bond donors (Lipinski definition) is 1. The van der Waals surface area contributed by atoms with Crippen LogP contribution in [0.4, 0.5) is 10.5 Å². The summed E-state index contributed by atoms with van der Waals surface area (Å²) in [5.41, 5.74) is 1.09. The topological polar surface area (TPSA) is 57.6 Å². The van der Waals surface area contributed by atoms with E-state index in [0.717, 1.165) is 22.2 Å². The van der Waals surface area contributed by atoms with E-state index in [-0.39, 0.29) is 5.75 Å². The number of benzene rings is 2. The summed E-state index contributed by atoms with van der Waals surface area (Å²) in [7, 11) is 0. The van der Waals surface area contributed by atoms with E-state index in [9.17, 15) is 14.7 Å². The predicted molar refractivity (Wildman–Crippen MR) is 88.0 cm³/mol. The molecule has 0 radical (unpaired) electrons. The van der Waals surface area contributed by atoms with Gasteiger partial charge in [-0.25, -0.2) is 4.90 Å². The fourth-order valence-electron chi connectivity index (χ4n) is 2.07. The maximum Gasteiger partial charge on any atom is 0.298 e. The molecule has 2 amide bonds. The summed E-state index contributed by atoms with van der Waals surface area (Å²) in [6.45, 7) is 0. The maximum atomic E-state index is 12.4. The van der Waals surface area contributed by atoms with E-state index in [4.69, 9.17) is 11.6 Å². The number of phenols is 1. The lowest BCUT2D eigenvalue weighted by molar-refractivity contribution is -0.113. The Morgan fingerprint density at radius 2 is 1.86 bits per heavy atom. The van der Waals surface area contributed by atoms with Crippen molar-refractivity contribution in [3.8, 4) is 5.75 Å². The second kappa shape index (κ2) is 5.87. The molecule has 2 aromatic rings. The Kier molecular flexibility index (Phi) is 3.92. The molecule has 1 saturated heterocycles. The number of phenolic OH excluding ortho intramolecular Hbond substituents is 1. The van der Waals surface area contributed by atoms with Crippen molar-refractivity contribution in [2.45, 2.75) is 0 Å². The number of carbonyl (C=O) groups is 2. The van der Waals surface area contributed by atoms with Gasteiger partial charge in [0.2, 0.25) is 0 Å². The summed E-state index contributed by atoms with van der Waals surface area (Å²) >= 11 is 6.77. The third kappa shape index (κ3) is 2.86. The zero-order chi connectivity index (χ0) is 15.7. The zero-order valence-corrected chi connectivity index (χ0v) is 12.8. The largest absolute Gasteiger partial charge is 0.508 e. The van der Waals surface area contributed by atoms with Crippen LogP contribution < -0.4 is 4.90 Å². The molecule has 0 spiro atoms. The van der Waals surface area contributed by atoms with Gasteiger partial charge in [-0.2, -0.15) is 0 Å². The van der Waals surface area contributed by atoms with Crippen molar-refractivity contribution in [1.29, 1.82) is 0 Å². The van der Waals surface area contributed by atoms with Crippen LogP contribution >= 0.6 is 23.4 Å². The van der Waals surface area contributed by atoms with Crippen LogP contribution in [0.2, 0.25) is 5.02 Å². The molecular formula is C16H10ClNO3S. The minimum atomic E-state index is -0.416. The van der Waals surface area contributed by atoms with Crippen LogP contribution in [0.5, 0.6) is 5.75 Å². The first-order chi connectivity index (χ1) is 10.5. The SMILES string of the molecule is O=C1S/C(=C\c2cccc(Cl)c2)C(=O)N1c1cccc(O)c1. The van der Waals surface area contributed by atoms with E-state index in [1.807, 2.05) is 0 Å². The molecule has 0 bridgehead atoms. The average molecular weight is 332 g/mol. The lowest BCUT2D eigenvalue weighted by Crippen LogP contribution is -2.27. The molecule has 3 rings (SSSR count). The van der Waals surface area contributed by atoms with Crippen LogP contribution in [0.3, 0.4) is 0 Å². The number of carbonyl (C=O) groups excluding carboxylic acids is 2. The normalized spacial score (nSPS) is 16.6. The Bertz CT molecular complexity index is 803. The minimum absolute atomic E-state index is 0.00429. The molecule has 1 fully saturated rings. The first-order valence-corrected chi connectivity index (χ1v) is 7.56. The first kappa shape index (κ1) is 14.7. The zero-order valence-electron chi connectivity index (χ0n) is 11.2. The molecule has 22 heavy (non-hydrogen) atoms. The summed E-state index contributed by atoms with van der Waals surface area (Å²) in [6.07, 6.45) is 1.62. The fraction of sp³-hybridized carbons (Fsp3) is 0. The van der Waals surface area contributed by atoms with Crippen molar-refractivity contribution in [3.05, 3.63) is 64.0 Å². The highest BCUT2D eigenvalue weighted by atomic mass is 35.5. The second-order valence-electron chi connectivity index (χ2n) is 4.59. The molecule has 0 unspecified atom stereocenters. The third-order valence-electron chi connectivity index (χ3n) is 3.03. The van der Waals surface area contributed by atoms with E-state index in [0.29, 0.717) is 15.6 Å². The molecule has 0 atom stereocenters. The van der Waals surface area contributed by atoms with Crippen LogP contribution in [0.15, 0.2) is 53.4 Å². The van der Waals surface area contributed by atoms with Gasteiger partial charge in [0.1, 0.15) is 5.75 Å². The monoisotopic (exact) mass is 331 g/mol. The first-order valence-electron chi connectivity index (χ1n) is 6.37. The lowest BCUT2D eigenvalue weighted by atomic mass is 10.2. The number of nitrogens with zero attached hydrogens (tertiary/aromatic N) is 1. The van der Waals surface area contributed by atoms with E-state index in [1.54, 1.807) is 42.5 Å². The Hall–Kier alpha value is -2.24. The molecule has 2 aromatic carbocycles. The third-order valence-corrected chi connectivity index (χ3v) is 4.13. The van der Waals surface area contributed by atoms with Gasteiger partial charge in [-0.05, 0) is 47.7 Å².